The summed E-state index contributed by atoms with van der Waals surface area (Å²) in [6, 6.07) is 0. The number of hydrogen-bond donors (Lipinski definition) is 1. The molecule has 0 atom stereocenters. The fourth-order valence-corrected chi connectivity index (χ4v) is 1.91. The van der Waals surface area contributed by atoms with E-state index in [0.717, 1.165) is 12.8 Å². The lowest BCUT2D eigenvalue weighted by molar-refractivity contribution is -0.141. The number of rotatable bonds is 7. The average molecular weight is 297 g/mol. The number of unbranched alkanes of at least 4 members (excludes halogenated alkanes) is 2. The molecule has 1 aromatic rings. The molecule has 1 rings (SSSR count). The Morgan fingerprint density at radius 1 is 1.32 bits per heavy atom. The normalized spacial score (nSPS) is 11.4. The first-order valence-electron chi connectivity index (χ1n) is 5.65. The Morgan fingerprint density at radius 2 is 2.05 bits per heavy atom. The molecule has 0 unspecified atom stereocenters. The van der Waals surface area contributed by atoms with Crippen LogP contribution in [0.15, 0.2) is 0 Å². The fourth-order valence-electron chi connectivity index (χ4n) is 1.28. The van der Waals surface area contributed by atoms with Crippen molar-refractivity contribution < 1.29 is 22.7 Å². The number of halogens is 3. The van der Waals surface area contributed by atoms with Gasteiger partial charge in [-0.3, -0.25) is 4.79 Å². The third kappa shape index (κ3) is 5.86. The van der Waals surface area contributed by atoms with Gasteiger partial charge in [-0.15, -0.1) is 10.2 Å². The molecule has 0 aliphatic heterocycles. The van der Waals surface area contributed by atoms with Crippen molar-refractivity contribution in [3.05, 3.63) is 5.01 Å². The van der Waals surface area contributed by atoms with Crippen LogP contribution in [0.1, 0.15) is 30.7 Å². The molecule has 19 heavy (non-hydrogen) atoms. The molecule has 0 amide bonds. The van der Waals surface area contributed by atoms with Crippen LogP contribution in [0.25, 0.3) is 0 Å². The van der Waals surface area contributed by atoms with Crippen LogP contribution in [0.2, 0.25) is 0 Å². The summed E-state index contributed by atoms with van der Waals surface area (Å²) in [4.78, 5) is 10.8. The van der Waals surface area contributed by atoms with E-state index in [1.807, 2.05) is 0 Å². The van der Waals surface area contributed by atoms with Gasteiger partial charge in [0.25, 0.3) is 0 Å². The minimum absolute atomic E-state index is 0.153. The molecule has 0 fully saturated rings. The first kappa shape index (κ1) is 15.7. The van der Waals surface area contributed by atoms with Crippen LogP contribution in [0, 0.1) is 0 Å². The Balaban J connectivity index is 2.16. The molecule has 1 aromatic heterocycles. The number of hydrogen-bond acceptors (Lipinski definition) is 6. The molecule has 5 nitrogen and oxygen atoms in total. The molecule has 0 bridgehead atoms. The second kappa shape index (κ2) is 7.27. The number of nitrogens with one attached hydrogen (secondary N) is 1. The molecule has 0 spiro atoms. The van der Waals surface area contributed by atoms with Crippen molar-refractivity contribution in [3.8, 4) is 0 Å². The summed E-state index contributed by atoms with van der Waals surface area (Å²) in [5.41, 5.74) is 0. The molecule has 1 N–H and O–H groups in total. The summed E-state index contributed by atoms with van der Waals surface area (Å²) in [6.45, 7) is 0.494. The highest BCUT2D eigenvalue weighted by atomic mass is 32.1. The second-order valence-corrected chi connectivity index (χ2v) is 4.70. The van der Waals surface area contributed by atoms with E-state index in [4.69, 9.17) is 0 Å². The Morgan fingerprint density at radius 3 is 2.63 bits per heavy atom. The van der Waals surface area contributed by atoms with E-state index < -0.39 is 11.2 Å². The number of alkyl halides is 3. The van der Waals surface area contributed by atoms with Crippen molar-refractivity contribution >= 4 is 22.4 Å². The SMILES string of the molecule is COC(=O)CCCCCNc1nnc(C(F)(F)F)s1. The van der Waals surface area contributed by atoms with E-state index in [1.54, 1.807) is 0 Å². The topological polar surface area (TPSA) is 64.1 Å². The highest BCUT2D eigenvalue weighted by Crippen LogP contribution is 2.32. The van der Waals surface area contributed by atoms with Crippen LogP contribution >= 0.6 is 11.3 Å². The predicted molar refractivity (Wildman–Crippen MR) is 63.9 cm³/mol. The molecule has 0 saturated carbocycles. The van der Waals surface area contributed by atoms with Crippen LogP contribution < -0.4 is 5.32 Å². The van der Waals surface area contributed by atoms with Crippen LogP contribution in [-0.2, 0) is 15.7 Å². The molecule has 0 saturated heterocycles. The Labute approximate surface area is 112 Å². The lowest BCUT2D eigenvalue weighted by atomic mass is 10.2. The molecular formula is C10H14F3N3O2S. The third-order valence-corrected chi connectivity index (χ3v) is 3.15. The van der Waals surface area contributed by atoms with Crippen molar-refractivity contribution in [2.24, 2.45) is 0 Å². The molecule has 0 aliphatic carbocycles. The van der Waals surface area contributed by atoms with Gasteiger partial charge in [-0.05, 0) is 12.8 Å². The summed E-state index contributed by atoms with van der Waals surface area (Å²) in [6.07, 6.45) is -1.88. The molecular weight excluding hydrogens is 283 g/mol. The number of carbonyl (C=O) groups is 1. The lowest BCUT2D eigenvalue weighted by Gasteiger charge is -2.02. The predicted octanol–water partition coefficient (Wildman–Crippen LogP) is 2.70. The molecule has 0 aliphatic rings. The van der Waals surface area contributed by atoms with E-state index in [9.17, 15) is 18.0 Å². The van der Waals surface area contributed by atoms with Gasteiger partial charge in [-0.2, -0.15) is 13.2 Å². The van der Waals surface area contributed by atoms with E-state index in [2.05, 4.69) is 20.3 Å². The number of anilines is 1. The number of nitrogens with zero attached hydrogens (tertiary/aromatic N) is 2. The first-order chi connectivity index (χ1) is 8.93. The van der Waals surface area contributed by atoms with Crippen molar-refractivity contribution in [1.29, 1.82) is 0 Å². The molecule has 0 aromatic carbocycles. The van der Waals surface area contributed by atoms with Crippen molar-refractivity contribution in [2.45, 2.75) is 31.9 Å². The largest absolute Gasteiger partial charge is 0.469 e. The van der Waals surface area contributed by atoms with E-state index in [1.165, 1.54) is 7.11 Å². The number of ether oxygens (including phenoxy) is 1. The van der Waals surface area contributed by atoms with Crippen molar-refractivity contribution in [1.82, 2.24) is 10.2 Å². The van der Waals surface area contributed by atoms with Crippen LogP contribution in [0.3, 0.4) is 0 Å². The second-order valence-electron chi connectivity index (χ2n) is 3.72. The number of aromatic nitrogens is 2. The highest BCUT2D eigenvalue weighted by Gasteiger charge is 2.35. The quantitative estimate of drug-likeness (QED) is 0.619. The van der Waals surface area contributed by atoms with Gasteiger partial charge in [0.2, 0.25) is 10.1 Å². The van der Waals surface area contributed by atoms with Gasteiger partial charge in [0.1, 0.15) is 0 Å². The first-order valence-corrected chi connectivity index (χ1v) is 6.46. The van der Waals surface area contributed by atoms with Gasteiger partial charge in [0.05, 0.1) is 7.11 Å². The van der Waals surface area contributed by atoms with E-state index in [-0.39, 0.29) is 11.1 Å². The van der Waals surface area contributed by atoms with E-state index >= 15 is 0 Å². The highest BCUT2D eigenvalue weighted by molar-refractivity contribution is 7.15. The van der Waals surface area contributed by atoms with Crippen LogP contribution in [0.4, 0.5) is 18.3 Å². The zero-order chi connectivity index (χ0) is 14.3. The van der Waals surface area contributed by atoms with Gasteiger partial charge in [0, 0.05) is 13.0 Å². The maximum absolute atomic E-state index is 12.2. The maximum atomic E-state index is 12.2. The summed E-state index contributed by atoms with van der Waals surface area (Å²) >= 11 is 0.480. The van der Waals surface area contributed by atoms with Gasteiger partial charge >= 0.3 is 12.1 Å². The summed E-state index contributed by atoms with van der Waals surface area (Å²) < 4.78 is 41.2. The number of esters is 1. The molecule has 0 radical (unpaired) electrons. The lowest BCUT2D eigenvalue weighted by Crippen LogP contribution is -2.03. The Bertz CT molecular complexity index is 409. The van der Waals surface area contributed by atoms with Gasteiger partial charge in [-0.1, -0.05) is 17.8 Å². The third-order valence-electron chi connectivity index (χ3n) is 2.23. The Hall–Kier alpha value is -1.38. The maximum Gasteiger partial charge on any atom is 0.445 e. The molecule has 1 heterocycles. The minimum atomic E-state index is -4.45. The smallest absolute Gasteiger partial charge is 0.445 e. The van der Waals surface area contributed by atoms with Gasteiger partial charge < -0.3 is 10.1 Å². The zero-order valence-electron chi connectivity index (χ0n) is 10.3. The average Bonchev–Trinajstić information content (AvgIpc) is 2.81. The molecule has 9 heteroatoms. The number of methoxy groups -OCH3 is 1. The standard InChI is InChI=1S/C10H14F3N3O2S/c1-18-7(17)5-3-2-4-6-14-9-16-15-8(19-9)10(11,12)13/h2-6H2,1H3,(H,14,16). The Kier molecular flexibility index (Phi) is 6.00. The van der Waals surface area contributed by atoms with Crippen LogP contribution in [-0.4, -0.2) is 29.8 Å². The summed E-state index contributed by atoms with van der Waals surface area (Å²) in [5.74, 6) is -0.257. The molecule has 108 valence electrons. The monoisotopic (exact) mass is 297 g/mol. The minimum Gasteiger partial charge on any atom is -0.469 e. The van der Waals surface area contributed by atoms with Crippen molar-refractivity contribution in [3.63, 3.8) is 0 Å². The summed E-state index contributed by atoms with van der Waals surface area (Å²) in [7, 11) is 1.33. The van der Waals surface area contributed by atoms with Crippen molar-refractivity contribution in [2.75, 3.05) is 19.0 Å². The van der Waals surface area contributed by atoms with Gasteiger partial charge in [0.15, 0.2) is 0 Å². The summed E-state index contributed by atoms with van der Waals surface area (Å²) in [5, 5.41) is 8.43. The van der Waals surface area contributed by atoms with Gasteiger partial charge in [-0.25, -0.2) is 0 Å². The zero-order valence-corrected chi connectivity index (χ0v) is 11.1. The van der Waals surface area contributed by atoms with E-state index in [0.29, 0.717) is 30.7 Å². The fraction of sp³-hybridized carbons (Fsp3) is 0.700. The number of carbonyl (C=O) groups excluding carboxylic acids is 1. The van der Waals surface area contributed by atoms with Crippen LogP contribution in [0.5, 0.6) is 0 Å².